The monoisotopic (exact) mass is 466 g/mol. The largest absolute Gasteiger partial charge is 0.451 e. The SMILES string of the molecule is CCCc1cc2c(N3CCn4c(nnc4C(F)(F)F)C3)nc(N3CC[C@@H](NC)C3)nc2s1. The smallest absolute Gasteiger partial charge is 0.347 e. The first-order valence-corrected chi connectivity index (χ1v) is 11.7. The van der Waals surface area contributed by atoms with Gasteiger partial charge in [-0.05, 0) is 26.0 Å². The van der Waals surface area contributed by atoms with Crippen LogP contribution in [0.3, 0.4) is 0 Å². The van der Waals surface area contributed by atoms with Crippen molar-refractivity contribution >= 4 is 33.3 Å². The molecule has 1 atom stereocenters. The summed E-state index contributed by atoms with van der Waals surface area (Å²) in [6.07, 6.45) is -1.49. The van der Waals surface area contributed by atoms with E-state index in [4.69, 9.17) is 9.97 Å². The first kappa shape index (κ1) is 21.4. The van der Waals surface area contributed by atoms with Crippen molar-refractivity contribution in [3.63, 3.8) is 0 Å². The molecular formula is C20H25F3N8S. The van der Waals surface area contributed by atoms with Gasteiger partial charge in [-0.15, -0.1) is 21.5 Å². The van der Waals surface area contributed by atoms with Crippen molar-refractivity contribution in [2.75, 3.05) is 36.5 Å². The Kier molecular flexibility index (Phi) is 5.44. The van der Waals surface area contributed by atoms with Gasteiger partial charge in [-0.25, -0.2) is 4.98 Å². The van der Waals surface area contributed by atoms with Gasteiger partial charge in [0.05, 0.1) is 11.9 Å². The van der Waals surface area contributed by atoms with Crippen LogP contribution < -0.4 is 15.1 Å². The van der Waals surface area contributed by atoms with Crippen molar-refractivity contribution in [3.05, 3.63) is 22.6 Å². The number of thiophene rings is 1. The molecule has 0 spiro atoms. The Morgan fingerprint density at radius 1 is 1.16 bits per heavy atom. The summed E-state index contributed by atoms with van der Waals surface area (Å²) >= 11 is 1.67. The number of fused-ring (bicyclic) bond motifs is 2. The van der Waals surface area contributed by atoms with Gasteiger partial charge < -0.3 is 19.7 Å². The van der Waals surface area contributed by atoms with Crippen molar-refractivity contribution < 1.29 is 13.2 Å². The highest BCUT2D eigenvalue weighted by atomic mass is 32.1. The van der Waals surface area contributed by atoms with Crippen LogP contribution in [0.4, 0.5) is 24.9 Å². The third-order valence-electron chi connectivity index (χ3n) is 6.09. The molecule has 0 aliphatic carbocycles. The Balaban J connectivity index is 1.53. The lowest BCUT2D eigenvalue weighted by Crippen LogP contribution is -2.36. The van der Waals surface area contributed by atoms with Crippen LogP contribution in [-0.2, 0) is 25.7 Å². The van der Waals surface area contributed by atoms with Gasteiger partial charge in [0.1, 0.15) is 10.6 Å². The molecule has 0 radical (unpaired) electrons. The zero-order valence-electron chi connectivity index (χ0n) is 18.0. The number of hydrogen-bond acceptors (Lipinski definition) is 8. The number of aromatic nitrogens is 5. The summed E-state index contributed by atoms with van der Waals surface area (Å²) in [6, 6.07) is 2.52. The molecule has 0 unspecified atom stereocenters. The highest BCUT2D eigenvalue weighted by molar-refractivity contribution is 7.18. The van der Waals surface area contributed by atoms with E-state index in [0.29, 0.717) is 24.4 Å². The van der Waals surface area contributed by atoms with Gasteiger partial charge in [-0.2, -0.15) is 18.2 Å². The van der Waals surface area contributed by atoms with Crippen LogP contribution in [0.5, 0.6) is 0 Å². The molecule has 0 saturated carbocycles. The van der Waals surface area contributed by atoms with Crippen molar-refractivity contribution in [3.8, 4) is 0 Å². The van der Waals surface area contributed by atoms with Gasteiger partial charge in [0.15, 0.2) is 5.82 Å². The number of alkyl halides is 3. The number of hydrogen-bond donors (Lipinski definition) is 1. The van der Waals surface area contributed by atoms with E-state index in [2.05, 4.69) is 33.4 Å². The van der Waals surface area contributed by atoms with Gasteiger partial charge in [0.2, 0.25) is 11.8 Å². The van der Waals surface area contributed by atoms with Crippen LogP contribution in [0, 0.1) is 0 Å². The van der Waals surface area contributed by atoms with E-state index in [0.717, 1.165) is 48.4 Å². The molecule has 2 aliphatic heterocycles. The normalized spacial score (nSPS) is 19.2. The number of anilines is 2. The fraction of sp³-hybridized carbons (Fsp3) is 0.600. The minimum atomic E-state index is -4.51. The lowest BCUT2D eigenvalue weighted by atomic mass is 10.2. The molecule has 172 valence electrons. The number of halogens is 3. The number of nitrogens with zero attached hydrogens (tertiary/aromatic N) is 7. The first-order valence-electron chi connectivity index (χ1n) is 10.8. The quantitative estimate of drug-likeness (QED) is 0.619. The zero-order chi connectivity index (χ0) is 22.5. The fourth-order valence-electron chi connectivity index (χ4n) is 4.42. The standard InChI is InChI=1S/C20H25F3N8S/c1-3-4-13-9-14-16(25-19(26-17(14)32-13)30-6-5-12(10-30)24-2)29-7-8-31-15(11-29)27-28-18(31)20(21,22)23/h9,12,24H,3-8,10-11H2,1-2H3/t12-/m1/s1. The highest BCUT2D eigenvalue weighted by Gasteiger charge is 2.40. The van der Waals surface area contributed by atoms with E-state index >= 15 is 0 Å². The molecule has 0 amide bonds. The Morgan fingerprint density at radius 3 is 2.72 bits per heavy atom. The van der Waals surface area contributed by atoms with E-state index in [-0.39, 0.29) is 13.1 Å². The van der Waals surface area contributed by atoms with Crippen LogP contribution in [0.25, 0.3) is 10.2 Å². The van der Waals surface area contributed by atoms with Crippen molar-refractivity contribution in [2.45, 2.75) is 51.5 Å². The Hall–Kier alpha value is -2.47. The third-order valence-corrected chi connectivity index (χ3v) is 7.18. The lowest BCUT2D eigenvalue weighted by molar-refractivity contribution is -0.147. The molecule has 3 aromatic heterocycles. The van der Waals surface area contributed by atoms with Gasteiger partial charge in [0, 0.05) is 37.1 Å². The lowest BCUT2D eigenvalue weighted by Gasteiger charge is -2.30. The number of aryl methyl sites for hydroxylation is 1. The fourth-order valence-corrected chi connectivity index (χ4v) is 5.54. The van der Waals surface area contributed by atoms with Gasteiger partial charge in [-0.1, -0.05) is 13.3 Å². The molecule has 1 N–H and O–H groups in total. The van der Waals surface area contributed by atoms with Gasteiger partial charge in [0.25, 0.3) is 0 Å². The molecule has 1 saturated heterocycles. The summed E-state index contributed by atoms with van der Waals surface area (Å²) in [5.41, 5.74) is 0. The Bertz CT molecular complexity index is 1120. The molecular weight excluding hydrogens is 441 g/mol. The molecule has 12 heteroatoms. The predicted octanol–water partition coefficient (Wildman–Crippen LogP) is 3.07. The molecule has 0 bridgehead atoms. The maximum atomic E-state index is 13.2. The molecule has 1 fully saturated rings. The molecule has 5 rings (SSSR count). The minimum Gasteiger partial charge on any atom is -0.347 e. The topological polar surface area (TPSA) is 75.0 Å². The van der Waals surface area contributed by atoms with E-state index in [1.54, 1.807) is 11.3 Å². The number of likely N-dealkylation sites (N-methyl/N-ethyl adjacent to an activating group) is 1. The Labute approximate surface area is 187 Å². The summed E-state index contributed by atoms with van der Waals surface area (Å²) in [6.45, 7) is 4.63. The summed E-state index contributed by atoms with van der Waals surface area (Å²) < 4.78 is 40.9. The highest BCUT2D eigenvalue weighted by Crippen LogP contribution is 2.36. The summed E-state index contributed by atoms with van der Waals surface area (Å²) in [5, 5.41) is 11.5. The number of nitrogens with one attached hydrogen (secondary N) is 1. The molecule has 2 aliphatic rings. The van der Waals surface area contributed by atoms with E-state index in [9.17, 15) is 13.2 Å². The average Bonchev–Trinajstić information content (AvgIpc) is 3.49. The van der Waals surface area contributed by atoms with Crippen LogP contribution in [0.2, 0.25) is 0 Å². The van der Waals surface area contributed by atoms with Crippen molar-refractivity contribution in [1.82, 2.24) is 30.0 Å². The van der Waals surface area contributed by atoms with Gasteiger partial charge >= 0.3 is 6.18 Å². The van der Waals surface area contributed by atoms with E-state index in [1.165, 1.54) is 9.44 Å². The van der Waals surface area contributed by atoms with Crippen LogP contribution >= 0.6 is 11.3 Å². The van der Waals surface area contributed by atoms with Crippen molar-refractivity contribution in [1.29, 1.82) is 0 Å². The zero-order valence-corrected chi connectivity index (χ0v) is 18.8. The Morgan fingerprint density at radius 2 is 2.00 bits per heavy atom. The summed E-state index contributed by atoms with van der Waals surface area (Å²) in [7, 11) is 1.96. The second-order valence-corrected chi connectivity index (χ2v) is 9.38. The number of rotatable bonds is 5. The molecule has 3 aromatic rings. The molecule has 8 nitrogen and oxygen atoms in total. The van der Waals surface area contributed by atoms with E-state index < -0.39 is 12.0 Å². The summed E-state index contributed by atoms with van der Waals surface area (Å²) in [5.74, 6) is 0.811. The van der Waals surface area contributed by atoms with Crippen molar-refractivity contribution in [2.24, 2.45) is 0 Å². The molecule has 0 aromatic carbocycles. The summed E-state index contributed by atoms with van der Waals surface area (Å²) in [4.78, 5) is 16.1. The predicted molar refractivity (Wildman–Crippen MR) is 117 cm³/mol. The first-order chi connectivity index (χ1) is 15.4. The van der Waals surface area contributed by atoms with Crippen LogP contribution in [0.15, 0.2) is 6.07 Å². The maximum absolute atomic E-state index is 13.2. The van der Waals surface area contributed by atoms with Crippen LogP contribution in [-0.4, -0.2) is 57.5 Å². The van der Waals surface area contributed by atoms with Crippen LogP contribution in [0.1, 0.15) is 36.3 Å². The second-order valence-electron chi connectivity index (χ2n) is 8.26. The third kappa shape index (κ3) is 3.79. The van der Waals surface area contributed by atoms with Gasteiger partial charge in [-0.3, -0.25) is 0 Å². The molecule has 32 heavy (non-hydrogen) atoms. The maximum Gasteiger partial charge on any atom is 0.451 e. The molecule has 5 heterocycles. The second kappa shape index (κ2) is 8.14. The average molecular weight is 467 g/mol. The minimum absolute atomic E-state index is 0.162. The van der Waals surface area contributed by atoms with E-state index in [1.807, 2.05) is 11.9 Å².